The van der Waals surface area contributed by atoms with Gasteiger partial charge in [-0.25, -0.2) is 0 Å². The molecule has 158 valence electrons. The molecule has 0 radical (unpaired) electrons. The molecule has 0 spiro atoms. The number of H-pyrrole nitrogens is 2. The van der Waals surface area contributed by atoms with Crippen molar-refractivity contribution in [1.29, 1.82) is 0 Å². The standard InChI is InChI=1S/C29H27N3/c1-17-20-11-5-8-14-23(20)30-27(17)26(28-18(2)21-12-6-9-15-24(21)31-28)29-19(3)22-13-7-10-16-25(22)32(29)4/h5-16,26,30-31H,1-4H3. The molecule has 0 aliphatic rings. The van der Waals surface area contributed by atoms with E-state index in [9.17, 15) is 0 Å². The summed E-state index contributed by atoms with van der Waals surface area (Å²) in [6, 6.07) is 26.0. The number of aromatic nitrogens is 3. The molecule has 0 fully saturated rings. The zero-order valence-electron chi connectivity index (χ0n) is 19.0. The fraction of sp³-hybridized carbons (Fsp3) is 0.172. The summed E-state index contributed by atoms with van der Waals surface area (Å²) in [4.78, 5) is 7.60. The summed E-state index contributed by atoms with van der Waals surface area (Å²) in [5, 5.41) is 3.90. The smallest absolute Gasteiger partial charge is 0.0802 e. The van der Waals surface area contributed by atoms with E-state index in [1.807, 2.05) is 0 Å². The first kappa shape index (κ1) is 19.0. The Balaban J connectivity index is 1.73. The Morgan fingerprint density at radius 3 is 1.56 bits per heavy atom. The quantitative estimate of drug-likeness (QED) is 0.304. The van der Waals surface area contributed by atoms with Gasteiger partial charge in [-0.15, -0.1) is 0 Å². The Morgan fingerprint density at radius 2 is 1.06 bits per heavy atom. The van der Waals surface area contributed by atoms with Crippen LogP contribution in [0.1, 0.15) is 39.7 Å². The topological polar surface area (TPSA) is 36.5 Å². The average molecular weight is 418 g/mol. The molecular weight excluding hydrogens is 390 g/mol. The van der Waals surface area contributed by atoms with Crippen LogP contribution in [0.15, 0.2) is 72.8 Å². The SMILES string of the molecule is Cc1c(C(c2[nH]c3ccccc3c2C)c2c(C)c3ccccc3n2C)[nH]c2ccccc12. The van der Waals surface area contributed by atoms with Crippen molar-refractivity contribution in [2.75, 3.05) is 0 Å². The van der Waals surface area contributed by atoms with Gasteiger partial charge in [0.25, 0.3) is 0 Å². The number of para-hydroxylation sites is 3. The van der Waals surface area contributed by atoms with Crippen LogP contribution in [-0.2, 0) is 7.05 Å². The summed E-state index contributed by atoms with van der Waals surface area (Å²) in [5.74, 6) is 0.0761. The van der Waals surface area contributed by atoms with Crippen LogP contribution in [0.3, 0.4) is 0 Å². The van der Waals surface area contributed by atoms with Crippen molar-refractivity contribution in [3.8, 4) is 0 Å². The van der Waals surface area contributed by atoms with Crippen LogP contribution in [0, 0.1) is 20.8 Å². The lowest BCUT2D eigenvalue weighted by atomic mass is 9.89. The zero-order chi connectivity index (χ0) is 22.0. The molecule has 2 N–H and O–H groups in total. The summed E-state index contributed by atoms with van der Waals surface area (Å²) in [5.41, 5.74) is 11.5. The third-order valence-electron chi connectivity index (χ3n) is 7.27. The van der Waals surface area contributed by atoms with E-state index in [1.54, 1.807) is 0 Å². The molecule has 32 heavy (non-hydrogen) atoms. The van der Waals surface area contributed by atoms with Gasteiger partial charge in [-0.2, -0.15) is 0 Å². The molecule has 0 bridgehead atoms. The monoisotopic (exact) mass is 417 g/mol. The fourth-order valence-electron chi connectivity index (χ4n) is 5.61. The second-order valence-corrected chi connectivity index (χ2v) is 8.94. The number of benzene rings is 3. The fourth-order valence-corrected chi connectivity index (χ4v) is 5.61. The van der Waals surface area contributed by atoms with Crippen LogP contribution < -0.4 is 0 Å². The van der Waals surface area contributed by atoms with Gasteiger partial charge in [-0.1, -0.05) is 54.6 Å². The highest BCUT2D eigenvalue weighted by Crippen LogP contribution is 2.42. The summed E-state index contributed by atoms with van der Waals surface area (Å²) < 4.78 is 2.38. The van der Waals surface area contributed by atoms with Crippen molar-refractivity contribution in [2.24, 2.45) is 7.05 Å². The zero-order valence-corrected chi connectivity index (χ0v) is 19.0. The van der Waals surface area contributed by atoms with Gasteiger partial charge in [0.15, 0.2) is 0 Å². The van der Waals surface area contributed by atoms with Gasteiger partial charge in [-0.05, 0) is 55.7 Å². The molecular formula is C29H27N3. The van der Waals surface area contributed by atoms with Gasteiger partial charge in [0.05, 0.1) is 5.92 Å². The van der Waals surface area contributed by atoms with E-state index in [4.69, 9.17) is 0 Å². The highest BCUT2D eigenvalue weighted by Gasteiger charge is 2.30. The van der Waals surface area contributed by atoms with Gasteiger partial charge < -0.3 is 14.5 Å². The molecule has 0 saturated heterocycles. The second kappa shape index (κ2) is 6.89. The third kappa shape index (κ3) is 2.54. The molecule has 0 unspecified atom stereocenters. The molecule has 0 aliphatic carbocycles. The average Bonchev–Trinajstić information content (AvgIpc) is 3.42. The van der Waals surface area contributed by atoms with Gasteiger partial charge >= 0.3 is 0 Å². The predicted molar refractivity (Wildman–Crippen MR) is 135 cm³/mol. The highest BCUT2D eigenvalue weighted by atomic mass is 15.0. The first-order valence-corrected chi connectivity index (χ1v) is 11.2. The number of hydrogen-bond donors (Lipinski definition) is 2. The van der Waals surface area contributed by atoms with Crippen molar-refractivity contribution < 1.29 is 0 Å². The van der Waals surface area contributed by atoms with Crippen LogP contribution in [0.25, 0.3) is 32.7 Å². The van der Waals surface area contributed by atoms with E-state index in [2.05, 4.69) is 115 Å². The number of hydrogen-bond acceptors (Lipinski definition) is 0. The number of rotatable bonds is 3. The number of nitrogens with zero attached hydrogens (tertiary/aromatic N) is 1. The van der Waals surface area contributed by atoms with Crippen LogP contribution in [0.5, 0.6) is 0 Å². The van der Waals surface area contributed by atoms with Crippen molar-refractivity contribution in [3.63, 3.8) is 0 Å². The van der Waals surface area contributed by atoms with E-state index in [0.29, 0.717) is 0 Å². The maximum absolute atomic E-state index is 3.80. The van der Waals surface area contributed by atoms with E-state index in [-0.39, 0.29) is 5.92 Å². The summed E-state index contributed by atoms with van der Waals surface area (Å²) >= 11 is 0. The molecule has 0 atom stereocenters. The first-order valence-electron chi connectivity index (χ1n) is 11.2. The van der Waals surface area contributed by atoms with Gasteiger partial charge in [0.2, 0.25) is 0 Å². The molecule has 6 rings (SSSR count). The summed E-state index contributed by atoms with van der Waals surface area (Å²) in [6.45, 7) is 6.76. The Labute approximate surface area is 187 Å². The van der Waals surface area contributed by atoms with Gasteiger partial charge in [-0.3, -0.25) is 0 Å². The number of aromatic amines is 2. The summed E-state index contributed by atoms with van der Waals surface area (Å²) in [7, 11) is 2.20. The van der Waals surface area contributed by atoms with Crippen molar-refractivity contribution in [3.05, 3.63) is 107 Å². The molecule has 3 nitrogen and oxygen atoms in total. The van der Waals surface area contributed by atoms with Crippen LogP contribution in [-0.4, -0.2) is 14.5 Å². The minimum atomic E-state index is 0.0761. The van der Waals surface area contributed by atoms with E-state index in [1.165, 1.54) is 66.5 Å². The molecule has 3 aromatic heterocycles. The van der Waals surface area contributed by atoms with Crippen molar-refractivity contribution >= 4 is 32.7 Å². The van der Waals surface area contributed by atoms with Crippen LogP contribution >= 0.6 is 0 Å². The second-order valence-electron chi connectivity index (χ2n) is 8.94. The maximum atomic E-state index is 3.80. The molecule has 0 amide bonds. The predicted octanol–water partition coefficient (Wildman–Crippen LogP) is 7.25. The highest BCUT2D eigenvalue weighted by molar-refractivity contribution is 5.89. The summed E-state index contributed by atoms with van der Waals surface area (Å²) in [6.07, 6.45) is 0. The minimum Gasteiger partial charge on any atom is -0.357 e. The molecule has 0 aliphatic heterocycles. The van der Waals surface area contributed by atoms with Gasteiger partial charge in [0.1, 0.15) is 0 Å². The Bertz CT molecular complexity index is 1500. The third-order valence-corrected chi connectivity index (χ3v) is 7.27. The Morgan fingerprint density at radius 1 is 0.594 bits per heavy atom. The number of fused-ring (bicyclic) bond motifs is 3. The van der Waals surface area contributed by atoms with Crippen LogP contribution in [0.4, 0.5) is 0 Å². The van der Waals surface area contributed by atoms with Gasteiger partial charge in [0, 0.05) is 56.8 Å². The molecule has 3 heterocycles. The lowest BCUT2D eigenvalue weighted by molar-refractivity contribution is 0.773. The number of nitrogens with one attached hydrogen (secondary N) is 2. The largest absolute Gasteiger partial charge is 0.357 e. The number of aryl methyl sites for hydroxylation is 4. The lowest BCUT2D eigenvalue weighted by Gasteiger charge is -2.20. The van der Waals surface area contributed by atoms with Crippen molar-refractivity contribution in [1.82, 2.24) is 14.5 Å². The van der Waals surface area contributed by atoms with Crippen LogP contribution in [0.2, 0.25) is 0 Å². The Hall–Kier alpha value is -3.72. The molecule has 3 heteroatoms. The van der Waals surface area contributed by atoms with E-state index < -0.39 is 0 Å². The maximum Gasteiger partial charge on any atom is 0.0802 e. The van der Waals surface area contributed by atoms with E-state index in [0.717, 1.165) is 0 Å². The minimum absolute atomic E-state index is 0.0761. The lowest BCUT2D eigenvalue weighted by Crippen LogP contribution is -2.12. The van der Waals surface area contributed by atoms with Crippen molar-refractivity contribution in [2.45, 2.75) is 26.7 Å². The molecule has 6 aromatic rings. The normalized spacial score (nSPS) is 12.0. The first-order chi connectivity index (χ1) is 15.6. The molecule has 0 saturated carbocycles. The Kier molecular flexibility index (Phi) is 4.09. The van der Waals surface area contributed by atoms with E-state index >= 15 is 0 Å². The molecule has 3 aromatic carbocycles.